The zero-order valence-electron chi connectivity index (χ0n) is 23.2. The molecule has 1 unspecified atom stereocenters. The first-order chi connectivity index (χ1) is 16.9. The number of imidazole rings is 1. The summed E-state index contributed by atoms with van der Waals surface area (Å²) in [6, 6.07) is -0.738. The van der Waals surface area contributed by atoms with Gasteiger partial charge < -0.3 is 18.8 Å². The number of nitrogens with zero attached hydrogens (tertiary/aromatic N) is 5. The molecule has 3 atom stereocenters. The molecule has 0 radical (unpaired) electrons. The molecule has 1 fully saturated rings. The van der Waals surface area contributed by atoms with Crippen molar-refractivity contribution in [2.45, 2.75) is 97.8 Å². The van der Waals surface area contributed by atoms with Crippen LogP contribution in [0.25, 0.3) is 11.2 Å². The van der Waals surface area contributed by atoms with E-state index in [1.165, 1.54) is 12.7 Å². The van der Waals surface area contributed by atoms with Gasteiger partial charge in [-0.1, -0.05) is 6.58 Å². The van der Waals surface area contributed by atoms with Crippen molar-refractivity contribution in [1.82, 2.24) is 19.5 Å². The van der Waals surface area contributed by atoms with Crippen LogP contribution in [0.5, 0.6) is 0 Å². The van der Waals surface area contributed by atoms with Gasteiger partial charge >= 0.3 is 12.2 Å². The summed E-state index contributed by atoms with van der Waals surface area (Å²) in [4.78, 5) is 39.7. The maximum atomic E-state index is 15.3. The summed E-state index contributed by atoms with van der Waals surface area (Å²) in [5, 5.41) is 0. The smallest absolute Gasteiger partial charge is 0.425 e. The van der Waals surface area contributed by atoms with Crippen molar-refractivity contribution >= 4 is 29.2 Å². The second-order valence-corrected chi connectivity index (χ2v) is 12.2. The van der Waals surface area contributed by atoms with E-state index >= 15 is 4.39 Å². The normalized spacial score (nSPS) is 20.8. The fourth-order valence-corrected chi connectivity index (χ4v) is 3.97. The van der Waals surface area contributed by atoms with Gasteiger partial charge in [0.1, 0.15) is 23.7 Å². The predicted molar refractivity (Wildman–Crippen MR) is 137 cm³/mol. The van der Waals surface area contributed by atoms with Gasteiger partial charge in [-0.05, 0) is 74.3 Å². The average molecular weight is 520 g/mol. The van der Waals surface area contributed by atoms with Gasteiger partial charge in [0, 0.05) is 5.92 Å². The molecular formula is C26H38FN5O5. The highest BCUT2D eigenvalue weighted by Gasteiger charge is 2.41. The summed E-state index contributed by atoms with van der Waals surface area (Å²) >= 11 is 0. The molecule has 0 aromatic carbocycles. The number of imide groups is 1. The number of anilines is 1. The van der Waals surface area contributed by atoms with Crippen LogP contribution < -0.4 is 4.90 Å². The maximum Gasteiger partial charge on any atom is 0.425 e. The van der Waals surface area contributed by atoms with E-state index in [9.17, 15) is 9.59 Å². The Morgan fingerprint density at radius 1 is 1.00 bits per heavy atom. The highest BCUT2D eigenvalue weighted by atomic mass is 19.1. The molecule has 1 aliphatic carbocycles. The number of ether oxygens (including phenoxy) is 3. The van der Waals surface area contributed by atoms with E-state index in [4.69, 9.17) is 14.2 Å². The van der Waals surface area contributed by atoms with Crippen LogP contribution in [0.15, 0.2) is 24.8 Å². The van der Waals surface area contributed by atoms with Crippen LogP contribution in [0.4, 0.5) is 19.8 Å². The zero-order chi connectivity index (χ0) is 27.9. The maximum absolute atomic E-state index is 15.3. The van der Waals surface area contributed by atoms with Gasteiger partial charge in [-0.3, -0.25) is 0 Å². The second-order valence-electron chi connectivity index (χ2n) is 12.2. The summed E-state index contributed by atoms with van der Waals surface area (Å²) in [7, 11) is 0. The summed E-state index contributed by atoms with van der Waals surface area (Å²) < 4.78 is 33.7. The van der Waals surface area contributed by atoms with E-state index in [1.54, 1.807) is 46.1 Å². The topological polar surface area (TPSA) is 109 Å². The lowest BCUT2D eigenvalue weighted by atomic mass is 10.0. The average Bonchev–Trinajstić information content (AvgIpc) is 3.24. The number of halogens is 1. The van der Waals surface area contributed by atoms with Crippen molar-refractivity contribution in [3.8, 4) is 0 Å². The number of hydrogen-bond acceptors (Lipinski definition) is 8. The molecule has 0 N–H and O–H groups in total. The molecule has 2 aromatic heterocycles. The van der Waals surface area contributed by atoms with Crippen LogP contribution in [0, 0.1) is 5.92 Å². The summed E-state index contributed by atoms with van der Waals surface area (Å²) in [6.45, 7) is 20.4. The van der Waals surface area contributed by atoms with Crippen molar-refractivity contribution in [2.75, 3.05) is 11.5 Å². The lowest BCUT2D eigenvalue weighted by Gasteiger charge is -2.28. The molecule has 1 saturated carbocycles. The van der Waals surface area contributed by atoms with Crippen LogP contribution >= 0.6 is 0 Å². The van der Waals surface area contributed by atoms with Gasteiger partial charge in [0.2, 0.25) is 0 Å². The van der Waals surface area contributed by atoms with Crippen molar-refractivity contribution in [2.24, 2.45) is 5.92 Å². The third-order valence-electron chi connectivity index (χ3n) is 5.48. The van der Waals surface area contributed by atoms with Crippen molar-refractivity contribution in [1.29, 1.82) is 0 Å². The molecule has 10 nitrogen and oxygen atoms in total. The lowest BCUT2D eigenvalue weighted by molar-refractivity contribution is -0.0170. The number of amides is 2. The van der Waals surface area contributed by atoms with E-state index in [2.05, 4.69) is 21.5 Å². The first-order valence-electron chi connectivity index (χ1n) is 12.3. The Labute approximate surface area is 217 Å². The molecule has 0 aliphatic heterocycles. The van der Waals surface area contributed by atoms with Crippen LogP contribution in [-0.2, 0) is 14.2 Å². The fourth-order valence-electron chi connectivity index (χ4n) is 3.97. The largest absolute Gasteiger partial charge is 0.443 e. The van der Waals surface area contributed by atoms with Gasteiger partial charge in [0.15, 0.2) is 17.0 Å². The van der Waals surface area contributed by atoms with Crippen LogP contribution in [0.1, 0.15) is 74.8 Å². The van der Waals surface area contributed by atoms with Crippen LogP contribution in [0.2, 0.25) is 0 Å². The molecule has 3 rings (SSSR count). The van der Waals surface area contributed by atoms with Crippen molar-refractivity contribution < 1.29 is 28.2 Å². The summed E-state index contributed by atoms with van der Waals surface area (Å²) in [5.74, 6) is -0.308. The van der Waals surface area contributed by atoms with Crippen molar-refractivity contribution in [3.63, 3.8) is 0 Å². The molecule has 0 spiro atoms. The first-order valence-corrected chi connectivity index (χ1v) is 12.3. The van der Waals surface area contributed by atoms with Crippen molar-refractivity contribution in [3.05, 3.63) is 24.8 Å². The fraction of sp³-hybridized carbons (Fsp3) is 0.654. The Balaban J connectivity index is 2.02. The molecular weight excluding hydrogens is 481 g/mol. The van der Waals surface area contributed by atoms with E-state index in [1.807, 2.05) is 20.8 Å². The van der Waals surface area contributed by atoms with Gasteiger partial charge in [0.25, 0.3) is 0 Å². The van der Waals surface area contributed by atoms with Gasteiger partial charge in [-0.2, -0.15) is 4.90 Å². The third kappa shape index (κ3) is 6.82. The van der Waals surface area contributed by atoms with Crippen LogP contribution in [-0.4, -0.2) is 61.3 Å². The molecule has 2 aromatic rings. The van der Waals surface area contributed by atoms with E-state index in [0.29, 0.717) is 17.1 Å². The summed E-state index contributed by atoms with van der Waals surface area (Å²) in [6.07, 6.45) is -0.360. The summed E-state index contributed by atoms with van der Waals surface area (Å²) in [5.41, 5.74) is -1.12. The Morgan fingerprint density at radius 3 is 2.08 bits per heavy atom. The Morgan fingerprint density at radius 2 is 1.57 bits per heavy atom. The standard InChI is InChI=1S/C26H38FN5O5/c1-15-16(12-35-24(2,3)4)11-17(27)19(15)31-14-30-18-20(31)28-13-29-21(18)32(22(33)36-25(5,6)7)23(34)37-26(8,9)10/h13-14,16-17,19H,1,11-12H2,2-10H3/t16?,17-,19+/m0/s1. The molecule has 1 aliphatic rings. The number of carbonyl (C=O) groups excluding carboxylic acids is 2. The monoisotopic (exact) mass is 519 g/mol. The Hall–Kier alpha value is -3.08. The Bertz CT molecular complexity index is 1150. The zero-order valence-corrected chi connectivity index (χ0v) is 23.2. The molecule has 37 heavy (non-hydrogen) atoms. The number of aromatic nitrogens is 4. The molecule has 204 valence electrons. The SMILES string of the molecule is C=C1C(COC(C)(C)C)C[C@H](F)[C@@H]1n1cnc2c(N(C(=O)OC(C)(C)C)C(=O)OC(C)(C)C)ncnc21. The minimum atomic E-state index is -1.25. The third-order valence-corrected chi connectivity index (χ3v) is 5.48. The number of alkyl halides is 1. The minimum absolute atomic E-state index is 0.119. The van der Waals surface area contributed by atoms with E-state index in [0.717, 1.165) is 0 Å². The highest BCUT2D eigenvalue weighted by Crippen LogP contribution is 2.43. The number of rotatable bonds is 4. The number of hydrogen-bond donors (Lipinski definition) is 0. The number of fused-ring (bicyclic) bond motifs is 1. The molecule has 0 saturated heterocycles. The quantitative estimate of drug-likeness (QED) is 0.468. The second kappa shape index (κ2) is 10.00. The van der Waals surface area contributed by atoms with Gasteiger partial charge in [-0.25, -0.2) is 28.9 Å². The van der Waals surface area contributed by atoms with E-state index in [-0.39, 0.29) is 34.9 Å². The van der Waals surface area contributed by atoms with Crippen LogP contribution in [0.3, 0.4) is 0 Å². The number of carbonyl (C=O) groups is 2. The first kappa shape index (κ1) is 28.5. The Kier molecular flexibility index (Phi) is 7.70. The molecule has 2 amide bonds. The highest BCUT2D eigenvalue weighted by molar-refractivity contribution is 6.12. The van der Waals surface area contributed by atoms with E-state index < -0.39 is 35.6 Å². The predicted octanol–water partition coefficient (Wildman–Crippen LogP) is 5.77. The molecule has 2 heterocycles. The minimum Gasteiger partial charge on any atom is -0.443 e. The molecule has 0 bridgehead atoms. The van der Waals surface area contributed by atoms with Gasteiger partial charge in [-0.15, -0.1) is 0 Å². The van der Waals surface area contributed by atoms with Gasteiger partial charge in [0.05, 0.1) is 24.6 Å². The lowest BCUT2D eigenvalue weighted by Crippen LogP contribution is -2.44. The molecule has 11 heteroatoms.